The van der Waals surface area contributed by atoms with E-state index in [0.717, 1.165) is 18.1 Å². The van der Waals surface area contributed by atoms with Gasteiger partial charge in [-0.15, -0.1) is 0 Å². The van der Waals surface area contributed by atoms with Crippen molar-refractivity contribution >= 4 is 11.7 Å². The Bertz CT molecular complexity index is 1300. The zero-order chi connectivity index (χ0) is 24.6. The van der Waals surface area contributed by atoms with Gasteiger partial charge < -0.3 is 10.2 Å². The van der Waals surface area contributed by atoms with Gasteiger partial charge in [0.1, 0.15) is 11.4 Å². The number of amides is 1. The van der Waals surface area contributed by atoms with Crippen LogP contribution in [0.5, 0.6) is 0 Å². The summed E-state index contributed by atoms with van der Waals surface area (Å²) in [6.45, 7) is 4.95. The van der Waals surface area contributed by atoms with Gasteiger partial charge >= 0.3 is 6.18 Å². The van der Waals surface area contributed by atoms with E-state index in [-0.39, 0.29) is 23.4 Å². The molecule has 8 heteroatoms. The summed E-state index contributed by atoms with van der Waals surface area (Å²) in [4.78, 5) is 15.4. The van der Waals surface area contributed by atoms with Gasteiger partial charge in [0.05, 0.1) is 23.3 Å². The highest BCUT2D eigenvalue weighted by atomic mass is 19.4. The lowest BCUT2D eigenvalue weighted by molar-refractivity contribution is -0.138. The molecular weight excluding hydrogens is 453 g/mol. The van der Waals surface area contributed by atoms with Crippen LogP contribution in [-0.4, -0.2) is 33.7 Å². The second-order valence-corrected chi connectivity index (χ2v) is 10.7. The fourth-order valence-corrected chi connectivity index (χ4v) is 6.18. The molecule has 3 atom stereocenters. The predicted molar refractivity (Wildman–Crippen MR) is 126 cm³/mol. The van der Waals surface area contributed by atoms with Crippen LogP contribution in [0.25, 0.3) is 0 Å². The maximum atomic E-state index is 13.7. The normalized spacial score (nSPS) is 26.6. The van der Waals surface area contributed by atoms with E-state index in [4.69, 9.17) is 0 Å². The average molecular weight is 481 g/mol. The summed E-state index contributed by atoms with van der Waals surface area (Å²) >= 11 is 0. The van der Waals surface area contributed by atoms with Crippen molar-refractivity contribution in [2.75, 3.05) is 18.4 Å². The molecule has 35 heavy (non-hydrogen) atoms. The standard InChI is InChI=1S/C27H27F3N4O/c1-25(2)13-22(17-8-4-3-5-9-17)32-23-19(14-31-34(23)25)24(35)33-15-18-12-26(18,16-33)20-10-6-7-11-21(20)27(28,29)30/h3-11,14,18,22,32H,12-13,15-16H2,1-2H3/t18?,22-,26?/m1/s1. The van der Waals surface area contributed by atoms with Gasteiger partial charge in [0.2, 0.25) is 0 Å². The molecule has 0 spiro atoms. The second kappa shape index (κ2) is 7.35. The van der Waals surface area contributed by atoms with Gasteiger partial charge in [-0.05, 0) is 49.8 Å². The van der Waals surface area contributed by atoms with Crippen molar-refractivity contribution in [2.45, 2.75) is 49.9 Å². The van der Waals surface area contributed by atoms with Crippen LogP contribution in [-0.2, 0) is 17.1 Å². The van der Waals surface area contributed by atoms with Gasteiger partial charge in [0.15, 0.2) is 0 Å². The van der Waals surface area contributed by atoms with Crippen LogP contribution in [0.2, 0.25) is 0 Å². The van der Waals surface area contributed by atoms with Crippen molar-refractivity contribution in [3.05, 3.63) is 83.0 Å². The van der Waals surface area contributed by atoms with Gasteiger partial charge in [0, 0.05) is 18.5 Å². The molecule has 182 valence electrons. The van der Waals surface area contributed by atoms with Crippen LogP contribution < -0.4 is 5.32 Å². The van der Waals surface area contributed by atoms with Gasteiger partial charge in [-0.25, -0.2) is 4.68 Å². The molecule has 1 N–H and O–H groups in total. The fourth-order valence-electron chi connectivity index (χ4n) is 6.18. The average Bonchev–Trinajstić information content (AvgIpc) is 3.16. The minimum atomic E-state index is -4.41. The fraction of sp³-hybridized carbons (Fsp3) is 0.407. The zero-order valence-corrected chi connectivity index (χ0v) is 19.6. The van der Waals surface area contributed by atoms with E-state index in [1.165, 1.54) is 6.07 Å². The first-order valence-electron chi connectivity index (χ1n) is 12.0. The van der Waals surface area contributed by atoms with Crippen molar-refractivity contribution < 1.29 is 18.0 Å². The van der Waals surface area contributed by atoms with Crippen molar-refractivity contribution in [3.63, 3.8) is 0 Å². The monoisotopic (exact) mass is 480 g/mol. The number of fused-ring (bicyclic) bond motifs is 2. The number of nitrogens with zero attached hydrogens (tertiary/aromatic N) is 3. The lowest BCUT2D eigenvalue weighted by Gasteiger charge is -2.38. The number of piperidine rings is 1. The highest BCUT2D eigenvalue weighted by Crippen LogP contribution is 2.61. The first kappa shape index (κ1) is 22.2. The van der Waals surface area contributed by atoms with Crippen LogP contribution in [0, 0.1) is 5.92 Å². The van der Waals surface area contributed by atoms with E-state index in [2.05, 4.69) is 36.4 Å². The first-order valence-corrected chi connectivity index (χ1v) is 12.0. The Balaban J connectivity index is 1.29. The van der Waals surface area contributed by atoms with Crippen molar-refractivity contribution in [3.8, 4) is 0 Å². The third-order valence-corrected chi connectivity index (χ3v) is 7.99. The summed E-state index contributed by atoms with van der Waals surface area (Å²) in [7, 11) is 0. The molecule has 2 unspecified atom stereocenters. The molecule has 1 aliphatic carbocycles. The highest BCUT2D eigenvalue weighted by molar-refractivity contribution is 5.99. The number of halogens is 3. The number of aromatic nitrogens is 2. The number of alkyl halides is 3. The smallest absolute Gasteiger partial charge is 0.363 e. The van der Waals surface area contributed by atoms with Gasteiger partial charge in [-0.2, -0.15) is 18.3 Å². The molecule has 6 rings (SSSR count). The minimum Gasteiger partial charge on any atom is -0.363 e. The molecule has 3 aliphatic rings. The minimum absolute atomic E-state index is 0.0268. The Labute approximate surface area is 201 Å². The van der Waals surface area contributed by atoms with Gasteiger partial charge in [-0.1, -0.05) is 48.5 Å². The summed E-state index contributed by atoms with van der Waals surface area (Å²) in [6, 6.07) is 15.9. The Morgan fingerprint density at radius 1 is 1.06 bits per heavy atom. The summed E-state index contributed by atoms with van der Waals surface area (Å²) in [5.41, 5.74) is 0.409. The van der Waals surface area contributed by atoms with Crippen molar-refractivity contribution in [1.29, 1.82) is 0 Å². The molecule has 1 amide bonds. The molecule has 0 bridgehead atoms. The lowest BCUT2D eigenvalue weighted by atomic mass is 9.89. The van der Waals surface area contributed by atoms with E-state index in [0.29, 0.717) is 36.5 Å². The van der Waals surface area contributed by atoms with E-state index in [9.17, 15) is 18.0 Å². The van der Waals surface area contributed by atoms with Crippen molar-refractivity contribution in [2.24, 2.45) is 5.92 Å². The third-order valence-electron chi connectivity index (χ3n) is 7.99. The number of hydrogen-bond donors (Lipinski definition) is 1. The Morgan fingerprint density at radius 3 is 2.51 bits per heavy atom. The van der Waals surface area contributed by atoms with Crippen LogP contribution in [0.15, 0.2) is 60.8 Å². The van der Waals surface area contributed by atoms with E-state index in [1.54, 1.807) is 23.2 Å². The number of nitrogens with one attached hydrogen (secondary N) is 1. The van der Waals surface area contributed by atoms with E-state index >= 15 is 0 Å². The summed E-state index contributed by atoms with van der Waals surface area (Å²) in [5, 5.41) is 8.06. The lowest BCUT2D eigenvalue weighted by Crippen LogP contribution is -2.39. The summed E-state index contributed by atoms with van der Waals surface area (Å²) < 4.78 is 43.0. The number of carbonyl (C=O) groups excluding carboxylic acids is 1. The van der Waals surface area contributed by atoms with Crippen LogP contribution in [0.3, 0.4) is 0 Å². The quantitative estimate of drug-likeness (QED) is 0.530. The second-order valence-electron chi connectivity index (χ2n) is 10.7. The predicted octanol–water partition coefficient (Wildman–Crippen LogP) is 5.61. The number of anilines is 1. The molecule has 0 radical (unpaired) electrons. The first-order chi connectivity index (χ1) is 16.6. The number of carbonyl (C=O) groups is 1. The zero-order valence-electron chi connectivity index (χ0n) is 19.6. The van der Waals surface area contributed by atoms with Crippen molar-refractivity contribution in [1.82, 2.24) is 14.7 Å². The molecule has 1 aromatic heterocycles. The number of benzene rings is 2. The molecule has 3 heterocycles. The van der Waals surface area contributed by atoms with Crippen LogP contribution in [0.4, 0.5) is 19.0 Å². The molecule has 2 fully saturated rings. The maximum absolute atomic E-state index is 13.7. The number of rotatable bonds is 3. The topological polar surface area (TPSA) is 50.2 Å². The van der Waals surface area contributed by atoms with E-state index in [1.807, 2.05) is 22.9 Å². The SMILES string of the molecule is CC1(C)C[C@H](c2ccccc2)Nc2c(C(=O)N3CC4CC4(c4ccccc4C(F)(F)F)C3)cnn21. The molecule has 5 nitrogen and oxygen atoms in total. The number of likely N-dealkylation sites (tertiary alicyclic amines) is 1. The molecule has 3 aromatic rings. The Kier molecular flexibility index (Phi) is 4.66. The Hall–Kier alpha value is -3.29. The molecule has 2 aromatic carbocycles. The molecule has 2 aliphatic heterocycles. The molecule has 1 saturated heterocycles. The Morgan fingerprint density at radius 2 is 1.77 bits per heavy atom. The third kappa shape index (κ3) is 3.45. The summed E-state index contributed by atoms with van der Waals surface area (Å²) in [6.07, 6.45) is -1.33. The van der Waals surface area contributed by atoms with Gasteiger partial charge in [0.25, 0.3) is 5.91 Å². The summed E-state index contributed by atoms with van der Waals surface area (Å²) in [5.74, 6) is 0.535. The van der Waals surface area contributed by atoms with Crippen LogP contribution >= 0.6 is 0 Å². The van der Waals surface area contributed by atoms with E-state index < -0.39 is 17.2 Å². The number of hydrogen-bond acceptors (Lipinski definition) is 3. The molecule has 1 saturated carbocycles. The largest absolute Gasteiger partial charge is 0.416 e. The van der Waals surface area contributed by atoms with Gasteiger partial charge in [-0.3, -0.25) is 4.79 Å². The maximum Gasteiger partial charge on any atom is 0.416 e. The van der Waals surface area contributed by atoms with Crippen LogP contribution in [0.1, 0.15) is 59.8 Å². The molecular formula is C27H27F3N4O. The highest BCUT2D eigenvalue weighted by Gasteiger charge is 2.63.